The molecule has 0 unspecified atom stereocenters. The minimum absolute atomic E-state index is 0.0147. The number of anilines is 1. The van der Waals surface area contributed by atoms with Gasteiger partial charge in [0, 0.05) is 36.7 Å². The molecule has 2 amide bonds. The van der Waals surface area contributed by atoms with Crippen LogP contribution < -0.4 is 10.6 Å². The number of nitrogens with zero attached hydrogens (tertiary/aromatic N) is 2. The number of carbonyl (C=O) groups is 2. The maximum absolute atomic E-state index is 13.4. The molecule has 0 saturated carbocycles. The Morgan fingerprint density at radius 2 is 1.56 bits per heavy atom. The van der Waals surface area contributed by atoms with Gasteiger partial charge in [0.15, 0.2) is 0 Å². The Bertz CT molecular complexity index is 1080. The van der Waals surface area contributed by atoms with Crippen molar-refractivity contribution in [2.24, 2.45) is 0 Å². The first-order chi connectivity index (χ1) is 16.5. The van der Waals surface area contributed by atoms with E-state index < -0.39 is 0 Å². The van der Waals surface area contributed by atoms with Crippen LogP contribution in [0.3, 0.4) is 0 Å². The fourth-order valence-electron chi connectivity index (χ4n) is 3.89. The van der Waals surface area contributed by atoms with Crippen LogP contribution in [0.4, 0.5) is 14.5 Å². The highest BCUT2D eigenvalue weighted by molar-refractivity contribution is 7.10. The summed E-state index contributed by atoms with van der Waals surface area (Å²) >= 11 is 1.58. The van der Waals surface area contributed by atoms with Crippen LogP contribution in [0, 0.1) is 11.6 Å². The van der Waals surface area contributed by atoms with E-state index in [0.717, 1.165) is 10.4 Å². The molecule has 6 nitrogen and oxygen atoms in total. The molecular formula is C25H26F2N4O2S. The largest absolute Gasteiger partial charge is 0.339 e. The summed E-state index contributed by atoms with van der Waals surface area (Å²) in [5.41, 5.74) is 1.45. The van der Waals surface area contributed by atoms with Gasteiger partial charge in [0.25, 0.3) is 0 Å². The van der Waals surface area contributed by atoms with E-state index in [1.54, 1.807) is 28.4 Å². The van der Waals surface area contributed by atoms with Gasteiger partial charge in [-0.1, -0.05) is 18.2 Å². The van der Waals surface area contributed by atoms with Gasteiger partial charge in [0.05, 0.1) is 19.1 Å². The molecule has 0 bridgehead atoms. The highest BCUT2D eigenvalue weighted by Crippen LogP contribution is 2.26. The molecule has 4 rings (SSSR count). The van der Waals surface area contributed by atoms with Crippen molar-refractivity contribution in [3.63, 3.8) is 0 Å². The van der Waals surface area contributed by atoms with Gasteiger partial charge in [-0.05, 0) is 53.4 Å². The molecule has 3 aromatic rings. The van der Waals surface area contributed by atoms with Crippen molar-refractivity contribution in [1.29, 1.82) is 0 Å². The highest BCUT2D eigenvalue weighted by Gasteiger charge is 2.24. The summed E-state index contributed by atoms with van der Waals surface area (Å²) in [6.45, 7) is 2.62. The molecule has 0 spiro atoms. The van der Waals surface area contributed by atoms with Crippen molar-refractivity contribution >= 4 is 28.8 Å². The number of piperazine rings is 1. The third kappa shape index (κ3) is 6.47. The predicted molar refractivity (Wildman–Crippen MR) is 129 cm³/mol. The van der Waals surface area contributed by atoms with Gasteiger partial charge in [-0.15, -0.1) is 11.3 Å². The molecule has 1 atom stereocenters. The Labute approximate surface area is 201 Å². The van der Waals surface area contributed by atoms with Gasteiger partial charge in [-0.3, -0.25) is 19.8 Å². The number of halogens is 2. The number of rotatable bonds is 8. The second-order valence-electron chi connectivity index (χ2n) is 8.09. The summed E-state index contributed by atoms with van der Waals surface area (Å²) in [6.07, 6.45) is 0. The number of hydrogen-bond donors (Lipinski definition) is 2. The first-order valence-electron chi connectivity index (χ1n) is 11.1. The Morgan fingerprint density at radius 3 is 2.18 bits per heavy atom. The summed E-state index contributed by atoms with van der Waals surface area (Å²) < 4.78 is 26.4. The van der Waals surface area contributed by atoms with Crippen LogP contribution in [0.15, 0.2) is 66.0 Å². The van der Waals surface area contributed by atoms with E-state index in [2.05, 4.69) is 10.6 Å². The van der Waals surface area contributed by atoms with E-state index >= 15 is 0 Å². The van der Waals surface area contributed by atoms with Crippen LogP contribution in [0.25, 0.3) is 0 Å². The van der Waals surface area contributed by atoms with Crippen molar-refractivity contribution in [1.82, 2.24) is 15.1 Å². The van der Waals surface area contributed by atoms with Gasteiger partial charge in [0.1, 0.15) is 11.6 Å². The molecule has 1 saturated heterocycles. The predicted octanol–water partition coefficient (Wildman–Crippen LogP) is 3.49. The zero-order valence-corrected chi connectivity index (χ0v) is 19.4. The number of thiophene rings is 1. The number of benzene rings is 2. The van der Waals surface area contributed by atoms with E-state index in [1.165, 1.54) is 36.4 Å². The minimum atomic E-state index is -0.354. The average molecular weight is 485 g/mol. The molecule has 1 fully saturated rings. The normalized spacial score (nSPS) is 15.2. The van der Waals surface area contributed by atoms with Gasteiger partial charge in [-0.25, -0.2) is 8.78 Å². The van der Waals surface area contributed by atoms with Crippen molar-refractivity contribution < 1.29 is 18.4 Å². The number of hydrogen-bond acceptors (Lipinski definition) is 5. The number of nitrogens with one attached hydrogen (secondary N) is 2. The summed E-state index contributed by atoms with van der Waals surface area (Å²) in [5, 5.41) is 8.05. The van der Waals surface area contributed by atoms with E-state index in [-0.39, 0.29) is 42.6 Å². The van der Waals surface area contributed by atoms with Gasteiger partial charge >= 0.3 is 0 Å². The van der Waals surface area contributed by atoms with Gasteiger partial charge in [0.2, 0.25) is 11.8 Å². The van der Waals surface area contributed by atoms with Crippen molar-refractivity contribution in [3.8, 4) is 0 Å². The van der Waals surface area contributed by atoms with Crippen LogP contribution in [0.1, 0.15) is 16.5 Å². The topological polar surface area (TPSA) is 64.7 Å². The minimum Gasteiger partial charge on any atom is -0.339 e. The maximum atomic E-state index is 13.4. The molecule has 2 heterocycles. The number of amides is 2. The summed E-state index contributed by atoms with van der Waals surface area (Å²) in [7, 11) is 0. The van der Waals surface area contributed by atoms with E-state index in [4.69, 9.17) is 0 Å². The lowest BCUT2D eigenvalue weighted by molar-refractivity contribution is -0.132. The molecule has 1 aliphatic rings. The zero-order valence-electron chi connectivity index (χ0n) is 18.5. The quantitative estimate of drug-likeness (QED) is 0.514. The second-order valence-corrected chi connectivity index (χ2v) is 9.07. The zero-order chi connectivity index (χ0) is 23.9. The monoisotopic (exact) mass is 484 g/mol. The molecule has 2 aromatic carbocycles. The Balaban J connectivity index is 1.25. The molecular weight excluding hydrogens is 458 g/mol. The lowest BCUT2D eigenvalue weighted by Crippen LogP contribution is -2.52. The molecule has 2 N–H and O–H groups in total. The van der Waals surface area contributed by atoms with E-state index in [9.17, 15) is 18.4 Å². The average Bonchev–Trinajstić information content (AvgIpc) is 3.37. The molecule has 1 aromatic heterocycles. The number of carbonyl (C=O) groups excluding carboxylic acids is 2. The Morgan fingerprint density at radius 1 is 0.912 bits per heavy atom. The SMILES string of the molecule is O=C(CN1CCN(C(=O)CN[C@@H](c2ccc(F)cc2)c2cccs2)CC1)Nc1ccc(F)cc1. The van der Waals surface area contributed by atoms with Crippen LogP contribution in [-0.2, 0) is 9.59 Å². The lowest BCUT2D eigenvalue weighted by Gasteiger charge is -2.34. The summed E-state index contributed by atoms with van der Waals surface area (Å²) in [4.78, 5) is 29.9. The smallest absolute Gasteiger partial charge is 0.238 e. The molecule has 34 heavy (non-hydrogen) atoms. The maximum Gasteiger partial charge on any atom is 0.238 e. The third-order valence-electron chi connectivity index (χ3n) is 5.71. The van der Waals surface area contributed by atoms with E-state index in [0.29, 0.717) is 31.9 Å². The highest BCUT2D eigenvalue weighted by atomic mass is 32.1. The van der Waals surface area contributed by atoms with Gasteiger partial charge in [-0.2, -0.15) is 0 Å². The fourth-order valence-corrected chi connectivity index (χ4v) is 4.71. The van der Waals surface area contributed by atoms with Crippen LogP contribution in [-0.4, -0.2) is 60.9 Å². The van der Waals surface area contributed by atoms with Crippen molar-refractivity contribution in [2.75, 3.05) is 44.6 Å². The first kappa shape index (κ1) is 24.0. The summed E-state index contributed by atoms with van der Waals surface area (Å²) in [5.74, 6) is -0.841. The van der Waals surface area contributed by atoms with Crippen molar-refractivity contribution in [2.45, 2.75) is 6.04 Å². The second kappa shape index (κ2) is 11.3. The molecule has 9 heteroatoms. The molecule has 0 aliphatic carbocycles. The fraction of sp³-hybridized carbons (Fsp3) is 0.280. The lowest BCUT2D eigenvalue weighted by atomic mass is 10.1. The standard InChI is InChI=1S/C25H26F2N4O2S/c26-19-5-3-18(4-6-19)25(22-2-1-15-34-22)28-16-24(33)31-13-11-30(12-14-31)17-23(32)29-21-9-7-20(27)8-10-21/h1-10,15,25,28H,11-14,16-17H2,(H,29,32)/t25-/m0/s1. The Hall–Kier alpha value is -3.14. The Kier molecular flexibility index (Phi) is 7.99. The molecule has 0 radical (unpaired) electrons. The van der Waals surface area contributed by atoms with Crippen LogP contribution in [0.5, 0.6) is 0 Å². The molecule has 1 aliphatic heterocycles. The van der Waals surface area contributed by atoms with Crippen LogP contribution >= 0.6 is 11.3 Å². The first-order valence-corrected chi connectivity index (χ1v) is 11.9. The van der Waals surface area contributed by atoms with Gasteiger partial charge < -0.3 is 10.2 Å². The van der Waals surface area contributed by atoms with Crippen molar-refractivity contribution in [3.05, 3.63) is 88.1 Å². The van der Waals surface area contributed by atoms with Crippen LogP contribution in [0.2, 0.25) is 0 Å². The molecule has 178 valence electrons. The third-order valence-corrected chi connectivity index (χ3v) is 6.65. The summed E-state index contributed by atoms with van der Waals surface area (Å²) in [6, 6.07) is 15.7. The van der Waals surface area contributed by atoms with E-state index in [1.807, 2.05) is 22.4 Å².